The first-order valence-corrected chi connectivity index (χ1v) is 8.46. The Bertz CT molecular complexity index is 719. The molecule has 0 fully saturated rings. The average molecular weight is 360 g/mol. The van der Waals surface area contributed by atoms with E-state index < -0.39 is 0 Å². The molecule has 0 heterocycles. The van der Waals surface area contributed by atoms with Gasteiger partial charge < -0.3 is 19.7 Å². The molecule has 0 unspecified atom stereocenters. The number of amides is 1. The van der Waals surface area contributed by atoms with Gasteiger partial charge in [0, 0.05) is 25.2 Å². The number of benzene rings is 2. The molecule has 0 aliphatic carbocycles. The lowest BCUT2D eigenvalue weighted by Crippen LogP contribution is -2.26. The van der Waals surface area contributed by atoms with E-state index in [9.17, 15) is 9.18 Å². The zero-order valence-electron chi connectivity index (χ0n) is 15.4. The van der Waals surface area contributed by atoms with E-state index in [0.29, 0.717) is 30.2 Å². The van der Waals surface area contributed by atoms with Gasteiger partial charge in [-0.2, -0.15) is 0 Å². The van der Waals surface area contributed by atoms with Gasteiger partial charge in [-0.1, -0.05) is 6.07 Å². The number of carbonyl (C=O) groups is 1. The van der Waals surface area contributed by atoms with Crippen LogP contribution in [0.3, 0.4) is 0 Å². The highest BCUT2D eigenvalue weighted by Gasteiger charge is 2.08. The summed E-state index contributed by atoms with van der Waals surface area (Å²) in [6.45, 7) is 1.46. The Labute approximate surface area is 153 Å². The van der Waals surface area contributed by atoms with E-state index in [1.807, 2.05) is 25.2 Å². The zero-order chi connectivity index (χ0) is 18.9. The molecule has 0 atom stereocenters. The standard InChI is InChI=1S/C20H25FN2O3/c1-23(12-10-15-4-9-18(25-2)19(14-15)26-3)13-11-20(24)22-17-7-5-16(21)6-8-17/h4-9,14H,10-13H2,1-3H3,(H,22,24). The summed E-state index contributed by atoms with van der Waals surface area (Å²) in [5.41, 5.74) is 1.75. The van der Waals surface area contributed by atoms with Crippen LogP contribution in [0.25, 0.3) is 0 Å². The van der Waals surface area contributed by atoms with Crippen molar-refractivity contribution in [1.29, 1.82) is 0 Å². The van der Waals surface area contributed by atoms with Crippen LogP contribution in [0, 0.1) is 5.82 Å². The van der Waals surface area contributed by atoms with Crippen molar-refractivity contribution in [3.63, 3.8) is 0 Å². The van der Waals surface area contributed by atoms with Crippen molar-refractivity contribution in [2.75, 3.05) is 39.7 Å². The summed E-state index contributed by atoms with van der Waals surface area (Å²) >= 11 is 0. The van der Waals surface area contributed by atoms with Crippen molar-refractivity contribution >= 4 is 11.6 Å². The first-order chi connectivity index (χ1) is 12.5. The minimum atomic E-state index is -0.321. The normalized spacial score (nSPS) is 10.7. The number of carbonyl (C=O) groups excluding carboxylic acids is 1. The first-order valence-electron chi connectivity index (χ1n) is 8.46. The van der Waals surface area contributed by atoms with Crippen LogP contribution in [0.15, 0.2) is 42.5 Å². The summed E-state index contributed by atoms with van der Waals surface area (Å²) in [6.07, 6.45) is 1.22. The van der Waals surface area contributed by atoms with Gasteiger partial charge >= 0.3 is 0 Å². The third-order valence-corrected chi connectivity index (χ3v) is 4.08. The molecule has 1 amide bonds. The Morgan fingerprint density at radius 1 is 1.04 bits per heavy atom. The van der Waals surface area contributed by atoms with Crippen molar-refractivity contribution in [1.82, 2.24) is 4.90 Å². The number of nitrogens with one attached hydrogen (secondary N) is 1. The highest BCUT2D eigenvalue weighted by atomic mass is 19.1. The average Bonchev–Trinajstić information content (AvgIpc) is 2.66. The lowest BCUT2D eigenvalue weighted by atomic mass is 10.1. The molecule has 140 valence electrons. The maximum atomic E-state index is 12.9. The van der Waals surface area contributed by atoms with Crippen molar-refractivity contribution < 1.29 is 18.7 Å². The number of anilines is 1. The summed E-state index contributed by atoms with van der Waals surface area (Å²) in [6, 6.07) is 11.6. The molecule has 6 heteroatoms. The van der Waals surface area contributed by atoms with Crippen LogP contribution < -0.4 is 14.8 Å². The summed E-state index contributed by atoms with van der Waals surface area (Å²) in [7, 11) is 5.21. The van der Waals surface area contributed by atoms with Gasteiger partial charge in [-0.25, -0.2) is 4.39 Å². The number of rotatable bonds is 9. The van der Waals surface area contributed by atoms with Crippen LogP contribution in [-0.4, -0.2) is 45.2 Å². The summed E-state index contributed by atoms with van der Waals surface area (Å²) in [4.78, 5) is 14.1. The van der Waals surface area contributed by atoms with E-state index >= 15 is 0 Å². The molecule has 2 rings (SSSR count). The van der Waals surface area contributed by atoms with E-state index in [1.54, 1.807) is 26.4 Å². The smallest absolute Gasteiger partial charge is 0.225 e. The molecular formula is C20H25FN2O3. The summed E-state index contributed by atoms with van der Waals surface area (Å²) in [5.74, 6) is 1.01. The topological polar surface area (TPSA) is 50.8 Å². The molecule has 0 spiro atoms. The van der Waals surface area contributed by atoms with Gasteiger partial charge in [0.2, 0.25) is 5.91 Å². The molecule has 2 aromatic carbocycles. The monoisotopic (exact) mass is 360 g/mol. The molecule has 0 aliphatic heterocycles. The predicted octanol–water partition coefficient (Wildman–Crippen LogP) is 3.35. The van der Waals surface area contributed by atoms with E-state index in [4.69, 9.17) is 9.47 Å². The second-order valence-corrected chi connectivity index (χ2v) is 6.05. The Morgan fingerprint density at radius 3 is 2.38 bits per heavy atom. The van der Waals surface area contributed by atoms with Crippen molar-refractivity contribution in [3.05, 3.63) is 53.8 Å². The van der Waals surface area contributed by atoms with Gasteiger partial charge in [0.25, 0.3) is 0 Å². The molecule has 1 N–H and O–H groups in total. The molecule has 26 heavy (non-hydrogen) atoms. The van der Waals surface area contributed by atoms with Gasteiger partial charge in [-0.05, 0) is 55.4 Å². The molecule has 5 nitrogen and oxygen atoms in total. The third-order valence-electron chi connectivity index (χ3n) is 4.08. The highest BCUT2D eigenvalue weighted by Crippen LogP contribution is 2.27. The number of nitrogens with zero attached hydrogens (tertiary/aromatic N) is 1. The molecule has 2 aromatic rings. The quantitative estimate of drug-likeness (QED) is 0.745. The molecule has 0 saturated heterocycles. The second kappa shape index (κ2) is 9.77. The largest absolute Gasteiger partial charge is 0.493 e. The SMILES string of the molecule is COc1ccc(CCN(C)CCC(=O)Nc2ccc(F)cc2)cc1OC. The highest BCUT2D eigenvalue weighted by molar-refractivity contribution is 5.90. The Hall–Kier alpha value is -2.60. The lowest BCUT2D eigenvalue weighted by Gasteiger charge is -2.17. The number of methoxy groups -OCH3 is 2. The fraction of sp³-hybridized carbons (Fsp3) is 0.350. The first kappa shape index (κ1) is 19.7. The number of halogens is 1. The third kappa shape index (κ3) is 6.04. The maximum Gasteiger partial charge on any atom is 0.225 e. The van der Waals surface area contributed by atoms with Crippen LogP contribution in [-0.2, 0) is 11.2 Å². The van der Waals surface area contributed by atoms with Crippen LogP contribution in [0.5, 0.6) is 11.5 Å². The van der Waals surface area contributed by atoms with Crippen LogP contribution >= 0.6 is 0 Å². The van der Waals surface area contributed by atoms with Crippen LogP contribution in [0.2, 0.25) is 0 Å². The molecular weight excluding hydrogens is 335 g/mol. The predicted molar refractivity (Wildman–Crippen MR) is 100 cm³/mol. The minimum absolute atomic E-state index is 0.0884. The van der Waals surface area contributed by atoms with Crippen LogP contribution in [0.4, 0.5) is 10.1 Å². The molecule has 0 aliphatic rings. The Kier molecular flexibility index (Phi) is 7.41. The molecule has 0 aromatic heterocycles. The Balaban J connectivity index is 1.75. The Morgan fingerprint density at radius 2 is 1.73 bits per heavy atom. The second-order valence-electron chi connectivity index (χ2n) is 6.05. The van der Waals surface area contributed by atoms with E-state index in [0.717, 1.165) is 18.5 Å². The summed E-state index contributed by atoms with van der Waals surface area (Å²) in [5, 5.41) is 2.76. The van der Waals surface area contributed by atoms with Gasteiger partial charge in [0.1, 0.15) is 5.82 Å². The number of likely N-dealkylation sites (N-methyl/N-ethyl adjacent to an activating group) is 1. The van der Waals surface area contributed by atoms with Gasteiger partial charge in [-0.15, -0.1) is 0 Å². The molecule has 0 saturated carbocycles. The lowest BCUT2D eigenvalue weighted by molar-refractivity contribution is -0.116. The zero-order valence-corrected chi connectivity index (χ0v) is 15.4. The fourth-order valence-corrected chi connectivity index (χ4v) is 2.52. The van der Waals surface area contributed by atoms with Crippen LogP contribution in [0.1, 0.15) is 12.0 Å². The fourth-order valence-electron chi connectivity index (χ4n) is 2.52. The number of hydrogen-bond donors (Lipinski definition) is 1. The van der Waals surface area contributed by atoms with Crippen molar-refractivity contribution in [3.8, 4) is 11.5 Å². The van der Waals surface area contributed by atoms with E-state index in [1.165, 1.54) is 12.1 Å². The van der Waals surface area contributed by atoms with Crippen molar-refractivity contribution in [2.45, 2.75) is 12.8 Å². The number of ether oxygens (including phenoxy) is 2. The number of hydrogen-bond acceptors (Lipinski definition) is 4. The molecule has 0 bridgehead atoms. The van der Waals surface area contributed by atoms with E-state index in [2.05, 4.69) is 10.2 Å². The van der Waals surface area contributed by atoms with E-state index in [-0.39, 0.29) is 11.7 Å². The van der Waals surface area contributed by atoms with Gasteiger partial charge in [-0.3, -0.25) is 4.79 Å². The summed E-state index contributed by atoms with van der Waals surface area (Å²) < 4.78 is 23.4. The maximum absolute atomic E-state index is 12.9. The minimum Gasteiger partial charge on any atom is -0.493 e. The van der Waals surface area contributed by atoms with Crippen molar-refractivity contribution in [2.24, 2.45) is 0 Å². The van der Waals surface area contributed by atoms with Gasteiger partial charge in [0.15, 0.2) is 11.5 Å². The molecule has 0 radical (unpaired) electrons. The van der Waals surface area contributed by atoms with Gasteiger partial charge in [0.05, 0.1) is 14.2 Å².